The summed E-state index contributed by atoms with van der Waals surface area (Å²) in [4.78, 5) is 15.1. The molecule has 8 nitrogen and oxygen atoms in total. The Morgan fingerprint density at radius 3 is 2.62 bits per heavy atom. The quantitative estimate of drug-likeness (QED) is 0.271. The Morgan fingerprint density at radius 2 is 2.12 bits per heavy atom. The molecule has 0 amide bonds. The molecule has 0 aliphatic carbocycles. The Bertz CT molecular complexity index is 776. The van der Waals surface area contributed by atoms with Crippen LogP contribution in [0.4, 0.5) is 13.2 Å². The summed E-state index contributed by atoms with van der Waals surface area (Å²) >= 11 is 5.98. The van der Waals surface area contributed by atoms with E-state index in [1.54, 1.807) is 6.07 Å². The molecule has 0 radical (unpaired) electrons. The molecule has 2 aromatic heterocycles. The smallest absolute Gasteiger partial charge is 0.321 e. The normalized spacial score (nSPS) is 11.6. The van der Waals surface area contributed by atoms with E-state index in [-0.39, 0.29) is 27.2 Å². The molecule has 2 rings (SSSR count). The van der Waals surface area contributed by atoms with E-state index in [0.29, 0.717) is 6.29 Å². The third-order valence-corrected chi connectivity index (χ3v) is 3.12. The number of amidine groups is 1. The Hall–Kier alpha value is -2.66. The standard InChI is InChI=1S/C12H11ClF3N7O.C2H6/c13-9-2-1-3-19-10(9)23-8(6-24)4-7(21-23)5-22(18)11(20-17)12(14,15)16;1-2/h1-4,6H,5,17-18H2;1-2H3/b20-11-;. The van der Waals surface area contributed by atoms with Gasteiger partial charge >= 0.3 is 6.18 Å². The van der Waals surface area contributed by atoms with Crippen molar-refractivity contribution >= 4 is 23.7 Å². The number of rotatable bonds is 4. The van der Waals surface area contributed by atoms with Crippen molar-refractivity contribution in [1.82, 2.24) is 19.8 Å². The van der Waals surface area contributed by atoms with E-state index in [2.05, 4.69) is 15.2 Å². The molecule has 0 atom stereocenters. The molecule has 0 unspecified atom stereocenters. The highest BCUT2D eigenvalue weighted by Gasteiger charge is 2.39. The number of carbonyl (C=O) groups is 1. The SMILES string of the molecule is CC.N/N=C(\N(N)Cc1cc(C=O)n(-c2ncccc2Cl)n1)C(F)(F)F. The number of nitrogens with zero attached hydrogens (tertiary/aromatic N) is 5. The summed E-state index contributed by atoms with van der Waals surface area (Å²) in [6, 6.07) is 4.35. The summed E-state index contributed by atoms with van der Waals surface area (Å²) in [7, 11) is 0. The van der Waals surface area contributed by atoms with Gasteiger partial charge < -0.3 is 5.84 Å². The van der Waals surface area contributed by atoms with Gasteiger partial charge in [-0.25, -0.2) is 15.5 Å². The van der Waals surface area contributed by atoms with Gasteiger partial charge in [-0.3, -0.25) is 9.80 Å². The van der Waals surface area contributed by atoms with Crippen molar-refractivity contribution in [3.63, 3.8) is 0 Å². The lowest BCUT2D eigenvalue weighted by Crippen LogP contribution is -2.46. The fraction of sp³-hybridized carbons (Fsp3) is 0.286. The Morgan fingerprint density at radius 1 is 1.46 bits per heavy atom. The second-order valence-electron chi connectivity index (χ2n) is 4.48. The van der Waals surface area contributed by atoms with Crippen LogP contribution in [0.5, 0.6) is 0 Å². The molecule has 0 aromatic carbocycles. The fourth-order valence-corrected chi connectivity index (χ4v) is 2.07. The fourth-order valence-electron chi connectivity index (χ4n) is 1.87. The van der Waals surface area contributed by atoms with E-state index in [0.717, 1.165) is 4.68 Å². The van der Waals surface area contributed by atoms with Crippen molar-refractivity contribution in [2.24, 2.45) is 16.8 Å². The van der Waals surface area contributed by atoms with Gasteiger partial charge in [0, 0.05) is 6.20 Å². The first-order valence-corrected chi connectivity index (χ1v) is 7.68. The number of aromatic nitrogens is 3. The second-order valence-corrected chi connectivity index (χ2v) is 4.88. The average molecular weight is 392 g/mol. The topological polar surface area (TPSA) is 115 Å². The second kappa shape index (κ2) is 9.15. The number of hydrogen-bond donors (Lipinski definition) is 2. The van der Waals surface area contributed by atoms with Crippen molar-refractivity contribution in [3.05, 3.63) is 40.8 Å². The molecule has 0 saturated heterocycles. The van der Waals surface area contributed by atoms with Crippen molar-refractivity contribution in [3.8, 4) is 5.82 Å². The van der Waals surface area contributed by atoms with Gasteiger partial charge in [-0.05, 0) is 18.2 Å². The molecule has 12 heteroatoms. The summed E-state index contributed by atoms with van der Waals surface area (Å²) in [6.07, 6.45) is -2.94. The van der Waals surface area contributed by atoms with Crippen molar-refractivity contribution in [2.75, 3.05) is 0 Å². The molecule has 4 N–H and O–H groups in total. The van der Waals surface area contributed by atoms with Crippen LogP contribution in [-0.4, -0.2) is 38.1 Å². The maximum Gasteiger partial charge on any atom is 0.452 e. The Labute approximate surface area is 152 Å². The predicted molar refractivity (Wildman–Crippen MR) is 90.5 cm³/mol. The van der Waals surface area contributed by atoms with Crippen LogP contribution in [0.3, 0.4) is 0 Å². The lowest BCUT2D eigenvalue weighted by Gasteiger charge is -2.20. The lowest BCUT2D eigenvalue weighted by molar-refractivity contribution is -0.0697. The largest absolute Gasteiger partial charge is 0.452 e. The van der Waals surface area contributed by atoms with Gasteiger partial charge in [0.25, 0.3) is 0 Å². The number of aldehydes is 1. The maximum atomic E-state index is 12.7. The highest BCUT2D eigenvalue weighted by Crippen LogP contribution is 2.21. The van der Waals surface area contributed by atoms with Gasteiger partial charge in [-0.15, -0.1) is 0 Å². The van der Waals surface area contributed by atoms with Gasteiger partial charge in [0.2, 0.25) is 5.84 Å². The van der Waals surface area contributed by atoms with Crippen LogP contribution in [0.25, 0.3) is 5.82 Å². The van der Waals surface area contributed by atoms with E-state index in [9.17, 15) is 18.0 Å². The number of halogens is 4. The van der Waals surface area contributed by atoms with E-state index in [1.807, 2.05) is 13.8 Å². The highest BCUT2D eigenvalue weighted by molar-refractivity contribution is 6.32. The summed E-state index contributed by atoms with van der Waals surface area (Å²) in [6.45, 7) is 3.51. The monoisotopic (exact) mass is 391 g/mol. The molecule has 142 valence electrons. The van der Waals surface area contributed by atoms with E-state index >= 15 is 0 Å². The highest BCUT2D eigenvalue weighted by atomic mass is 35.5. The Kier molecular flexibility index (Phi) is 7.53. The third-order valence-electron chi connectivity index (χ3n) is 2.83. The minimum atomic E-state index is -4.83. The molecule has 26 heavy (non-hydrogen) atoms. The molecule has 2 heterocycles. The molecule has 0 fully saturated rings. The molecule has 0 aliphatic rings. The van der Waals surface area contributed by atoms with Crippen LogP contribution in [-0.2, 0) is 6.54 Å². The summed E-state index contributed by atoms with van der Waals surface area (Å²) in [5.41, 5.74) is 0.101. The number of carbonyl (C=O) groups excluding carboxylic acids is 1. The van der Waals surface area contributed by atoms with Crippen LogP contribution in [0.1, 0.15) is 30.0 Å². The first-order chi connectivity index (χ1) is 12.3. The summed E-state index contributed by atoms with van der Waals surface area (Å²) < 4.78 is 39.2. The van der Waals surface area contributed by atoms with Crippen LogP contribution in [0.2, 0.25) is 5.02 Å². The zero-order valence-corrected chi connectivity index (χ0v) is 14.7. The van der Waals surface area contributed by atoms with E-state index in [1.165, 1.54) is 18.3 Å². The van der Waals surface area contributed by atoms with Crippen molar-refractivity contribution < 1.29 is 18.0 Å². The van der Waals surface area contributed by atoms with Crippen molar-refractivity contribution in [1.29, 1.82) is 0 Å². The van der Waals surface area contributed by atoms with Gasteiger partial charge in [0.15, 0.2) is 12.1 Å². The Balaban J connectivity index is 0.00000163. The van der Waals surface area contributed by atoms with Crippen LogP contribution in [0.15, 0.2) is 29.5 Å². The maximum absolute atomic E-state index is 12.7. The van der Waals surface area contributed by atoms with Gasteiger partial charge in [-0.2, -0.15) is 23.4 Å². The van der Waals surface area contributed by atoms with Crippen LogP contribution < -0.4 is 11.7 Å². The molecule has 2 aromatic rings. The first kappa shape index (κ1) is 21.4. The van der Waals surface area contributed by atoms with E-state index in [4.69, 9.17) is 23.3 Å². The van der Waals surface area contributed by atoms with Gasteiger partial charge in [0.1, 0.15) is 5.69 Å². The molecule has 0 spiro atoms. The third kappa shape index (κ3) is 4.92. The number of pyridine rings is 1. The summed E-state index contributed by atoms with van der Waals surface area (Å²) in [5.74, 6) is 8.73. The van der Waals surface area contributed by atoms with E-state index < -0.39 is 18.6 Å². The molecule has 0 saturated carbocycles. The van der Waals surface area contributed by atoms with Gasteiger partial charge in [0.05, 0.1) is 17.3 Å². The minimum absolute atomic E-state index is 0.0391. The summed E-state index contributed by atoms with van der Waals surface area (Å²) in [5, 5.41) is 7.12. The van der Waals surface area contributed by atoms with Gasteiger partial charge in [-0.1, -0.05) is 25.4 Å². The number of hydrazine groups is 1. The minimum Gasteiger partial charge on any atom is -0.321 e. The average Bonchev–Trinajstić information content (AvgIpc) is 2.99. The zero-order valence-electron chi connectivity index (χ0n) is 13.9. The number of hydrogen-bond acceptors (Lipinski definition) is 6. The molecule has 0 bridgehead atoms. The lowest BCUT2D eigenvalue weighted by atomic mass is 10.3. The van der Waals surface area contributed by atoms with Crippen molar-refractivity contribution in [2.45, 2.75) is 26.6 Å². The molecule has 0 aliphatic heterocycles. The molecular weight excluding hydrogens is 375 g/mol. The first-order valence-electron chi connectivity index (χ1n) is 7.30. The van der Waals surface area contributed by atoms with Crippen LogP contribution in [0, 0.1) is 0 Å². The van der Waals surface area contributed by atoms with Crippen LogP contribution >= 0.6 is 11.6 Å². The zero-order chi connectivity index (χ0) is 19.9. The molecular formula is C14H17ClF3N7O. The predicted octanol–water partition coefficient (Wildman–Crippen LogP) is 2.27. The number of alkyl halides is 3. The number of hydrazone groups is 1. The number of nitrogens with two attached hydrogens (primary N) is 2.